The van der Waals surface area contributed by atoms with E-state index in [4.69, 9.17) is 16.7 Å². The van der Waals surface area contributed by atoms with Gasteiger partial charge < -0.3 is 14.8 Å². The molecule has 2 amide bonds. The van der Waals surface area contributed by atoms with E-state index in [0.717, 1.165) is 50.8 Å². The summed E-state index contributed by atoms with van der Waals surface area (Å²) in [5.74, 6) is 0.940. The lowest BCUT2D eigenvalue weighted by Gasteiger charge is -2.31. The molecule has 0 saturated carbocycles. The largest absolute Gasteiger partial charge is 0.322 e. The van der Waals surface area contributed by atoms with Gasteiger partial charge in [-0.3, -0.25) is 0 Å². The minimum Gasteiger partial charge on any atom is -0.308 e. The van der Waals surface area contributed by atoms with Crippen molar-refractivity contribution in [2.45, 2.75) is 33.4 Å². The van der Waals surface area contributed by atoms with Gasteiger partial charge in [0.1, 0.15) is 5.82 Å². The fraction of sp³-hybridized carbons (Fsp3) is 0.161. The molecule has 6 nitrogen and oxygen atoms in total. The smallest absolute Gasteiger partial charge is 0.308 e. The zero-order valence-electron chi connectivity index (χ0n) is 21.5. The number of carbonyl (C=O) groups excluding carboxylic acids is 1. The number of hydrogen-bond acceptors (Lipinski definition) is 2. The van der Waals surface area contributed by atoms with Crippen LogP contribution in [0.15, 0.2) is 91.1 Å². The average Bonchev–Trinajstić information content (AvgIpc) is 3.48. The molecule has 0 saturated heterocycles. The van der Waals surface area contributed by atoms with E-state index < -0.39 is 0 Å². The summed E-state index contributed by atoms with van der Waals surface area (Å²) in [6.45, 7) is 6.47. The van der Waals surface area contributed by atoms with Crippen LogP contribution in [0.3, 0.4) is 0 Å². The Labute approximate surface area is 227 Å². The van der Waals surface area contributed by atoms with E-state index >= 15 is 0 Å². The van der Waals surface area contributed by atoms with Crippen LogP contribution < -0.4 is 5.32 Å². The fourth-order valence-electron chi connectivity index (χ4n) is 5.22. The number of rotatable bonds is 3. The van der Waals surface area contributed by atoms with Gasteiger partial charge in [-0.25, -0.2) is 9.48 Å². The number of anilines is 1. The van der Waals surface area contributed by atoms with Crippen molar-refractivity contribution in [3.63, 3.8) is 0 Å². The van der Waals surface area contributed by atoms with Crippen LogP contribution in [0.2, 0.25) is 5.02 Å². The van der Waals surface area contributed by atoms with Gasteiger partial charge in [-0.2, -0.15) is 5.10 Å². The Hall–Kier alpha value is -4.29. The van der Waals surface area contributed by atoms with E-state index in [2.05, 4.69) is 16.0 Å². The van der Waals surface area contributed by atoms with Gasteiger partial charge in [-0.1, -0.05) is 54.1 Å². The molecular formula is C31H28ClN5O. The predicted molar refractivity (Wildman–Crippen MR) is 151 cm³/mol. The van der Waals surface area contributed by atoms with E-state index in [-0.39, 0.29) is 12.1 Å². The van der Waals surface area contributed by atoms with Crippen LogP contribution in [0.4, 0.5) is 10.5 Å². The second-order valence-corrected chi connectivity index (χ2v) is 10.1. The molecule has 0 bridgehead atoms. The lowest BCUT2D eigenvalue weighted by atomic mass is 10.0. The van der Waals surface area contributed by atoms with Crippen LogP contribution in [0.25, 0.3) is 11.5 Å². The number of urea groups is 1. The normalized spacial score (nSPS) is 14.5. The van der Waals surface area contributed by atoms with Crippen LogP contribution in [0.5, 0.6) is 0 Å². The zero-order chi connectivity index (χ0) is 26.4. The maximum absolute atomic E-state index is 14.1. The molecule has 0 radical (unpaired) electrons. The molecule has 5 aromatic rings. The van der Waals surface area contributed by atoms with Crippen LogP contribution >= 0.6 is 11.6 Å². The van der Waals surface area contributed by atoms with Crippen molar-refractivity contribution in [3.05, 3.63) is 130 Å². The molecule has 7 heteroatoms. The summed E-state index contributed by atoms with van der Waals surface area (Å²) in [4.78, 5) is 16.0. The molecule has 1 aliphatic heterocycles. The number of hydrogen-bond donors (Lipinski definition) is 1. The van der Waals surface area contributed by atoms with Gasteiger partial charge >= 0.3 is 6.03 Å². The van der Waals surface area contributed by atoms with Crippen LogP contribution in [0.1, 0.15) is 39.7 Å². The average molecular weight is 522 g/mol. The maximum atomic E-state index is 14.1. The lowest BCUT2D eigenvalue weighted by Crippen LogP contribution is -2.38. The monoisotopic (exact) mass is 521 g/mol. The lowest BCUT2D eigenvalue weighted by molar-refractivity contribution is 0.194. The predicted octanol–water partition coefficient (Wildman–Crippen LogP) is 7.38. The Morgan fingerprint density at radius 1 is 0.921 bits per heavy atom. The Morgan fingerprint density at radius 3 is 2.45 bits per heavy atom. The van der Waals surface area contributed by atoms with Gasteiger partial charge in [-0.15, -0.1) is 0 Å². The molecule has 1 atom stereocenters. The van der Waals surface area contributed by atoms with Crippen molar-refractivity contribution in [2.75, 3.05) is 5.32 Å². The van der Waals surface area contributed by atoms with Crippen molar-refractivity contribution in [2.24, 2.45) is 0 Å². The highest BCUT2D eigenvalue weighted by Crippen LogP contribution is 2.39. The fourth-order valence-corrected chi connectivity index (χ4v) is 5.34. The Morgan fingerprint density at radius 2 is 1.68 bits per heavy atom. The first kappa shape index (κ1) is 24.1. The highest BCUT2D eigenvalue weighted by Gasteiger charge is 2.36. The molecule has 2 aromatic heterocycles. The summed E-state index contributed by atoms with van der Waals surface area (Å²) < 4.78 is 4.13. The third kappa shape index (κ3) is 4.07. The second kappa shape index (κ2) is 9.54. The highest BCUT2D eigenvalue weighted by atomic mass is 35.5. The summed E-state index contributed by atoms with van der Waals surface area (Å²) in [6, 6.07) is 27.4. The van der Waals surface area contributed by atoms with Crippen LogP contribution in [-0.4, -0.2) is 25.3 Å². The molecule has 3 heterocycles. The summed E-state index contributed by atoms with van der Waals surface area (Å²) in [6.07, 6.45) is 2.05. The molecule has 0 spiro atoms. The van der Waals surface area contributed by atoms with E-state index in [1.54, 1.807) is 0 Å². The number of aryl methyl sites for hydroxylation is 2. The van der Waals surface area contributed by atoms with Gasteiger partial charge in [0.25, 0.3) is 0 Å². The minimum absolute atomic E-state index is 0.175. The van der Waals surface area contributed by atoms with Gasteiger partial charge in [-0.05, 0) is 79.9 Å². The van der Waals surface area contributed by atoms with Gasteiger partial charge in [0.15, 0.2) is 0 Å². The first-order valence-electron chi connectivity index (χ1n) is 12.6. The van der Waals surface area contributed by atoms with Crippen molar-refractivity contribution in [1.29, 1.82) is 0 Å². The number of benzene rings is 3. The van der Waals surface area contributed by atoms with Crippen molar-refractivity contribution in [3.8, 4) is 11.5 Å². The van der Waals surface area contributed by atoms with E-state index in [1.807, 2.05) is 115 Å². The third-order valence-corrected chi connectivity index (χ3v) is 7.63. The molecule has 0 aliphatic carbocycles. The number of nitrogens with zero attached hydrogens (tertiary/aromatic N) is 4. The minimum atomic E-state index is -0.344. The molecule has 1 N–H and O–H groups in total. The number of amides is 2. The van der Waals surface area contributed by atoms with Gasteiger partial charge in [0, 0.05) is 22.5 Å². The first-order chi connectivity index (χ1) is 18.4. The maximum Gasteiger partial charge on any atom is 0.322 e. The summed E-state index contributed by atoms with van der Waals surface area (Å²) in [5, 5.41) is 8.77. The molecule has 3 aromatic carbocycles. The zero-order valence-corrected chi connectivity index (χ0v) is 22.3. The molecule has 1 aliphatic rings. The topological polar surface area (TPSA) is 55.1 Å². The van der Waals surface area contributed by atoms with Crippen molar-refractivity contribution >= 4 is 23.3 Å². The van der Waals surface area contributed by atoms with Crippen molar-refractivity contribution < 1.29 is 4.79 Å². The van der Waals surface area contributed by atoms with E-state index in [0.29, 0.717) is 11.6 Å². The van der Waals surface area contributed by atoms with Crippen molar-refractivity contribution in [1.82, 2.24) is 19.2 Å². The number of halogens is 1. The van der Waals surface area contributed by atoms with E-state index in [9.17, 15) is 4.79 Å². The number of carbonyl (C=O) groups is 1. The van der Waals surface area contributed by atoms with E-state index in [1.165, 1.54) is 0 Å². The summed E-state index contributed by atoms with van der Waals surface area (Å²) in [7, 11) is 0. The quantitative estimate of drug-likeness (QED) is 0.269. The van der Waals surface area contributed by atoms with Crippen LogP contribution in [-0.2, 0) is 6.54 Å². The van der Waals surface area contributed by atoms with Gasteiger partial charge in [0.2, 0.25) is 0 Å². The SMILES string of the molecule is Cc1cccc(NC(=O)N2Cc3c(C)nn(-c4ccccc4)c3-n3cccc3C2c2ccc(Cl)cc2)c1C. The van der Waals surface area contributed by atoms with Crippen LogP contribution in [0, 0.1) is 20.8 Å². The molecule has 38 heavy (non-hydrogen) atoms. The Balaban J connectivity index is 1.54. The molecule has 190 valence electrons. The summed E-state index contributed by atoms with van der Waals surface area (Å²) >= 11 is 6.26. The standard InChI is InChI=1S/C31H28ClN5O/c1-20-9-7-12-27(21(20)2)33-31(38)36-19-26-22(3)34-37(25-10-5-4-6-11-25)30(26)35-18-8-13-28(35)29(36)23-14-16-24(32)17-15-23/h4-18,29H,19H2,1-3H3,(H,33,38). The first-order valence-corrected chi connectivity index (χ1v) is 13.0. The molecular weight excluding hydrogens is 494 g/mol. The molecule has 1 unspecified atom stereocenters. The number of fused-ring (bicyclic) bond motifs is 3. The number of para-hydroxylation sites is 1. The molecule has 0 fully saturated rings. The highest BCUT2D eigenvalue weighted by molar-refractivity contribution is 6.30. The molecule has 6 rings (SSSR count). The number of nitrogens with one attached hydrogen (secondary N) is 1. The summed E-state index contributed by atoms with van der Waals surface area (Å²) in [5.41, 5.74) is 7.78. The Kier molecular flexibility index (Phi) is 6.04. The van der Waals surface area contributed by atoms with Gasteiger partial charge in [0.05, 0.1) is 29.7 Å². The Bertz CT molecular complexity index is 1640. The third-order valence-electron chi connectivity index (χ3n) is 7.38. The second-order valence-electron chi connectivity index (χ2n) is 9.70. The number of aromatic nitrogens is 3.